The molecule has 2 N–H and O–H groups in total. The molecule has 0 spiro atoms. The van der Waals surface area contributed by atoms with Crippen LogP contribution in [0.2, 0.25) is 0 Å². The van der Waals surface area contributed by atoms with Crippen molar-refractivity contribution in [1.82, 2.24) is 0 Å². The van der Waals surface area contributed by atoms with Crippen LogP contribution in [-0.4, -0.2) is 171 Å². The molecule has 0 aromatic carbocycles. The molecule has 6 heterocycles. The van der Waals surface area contributed by atoms with E-state index in [1.807, 2.05) is 0 Å². The first-order chi connectivity index (χ1) is 30.4. The van der Waals surface area contributed by atoms with Crippen LogP contribution in [0.4, 0.5) is 0 Å². The molecular formula is C54H94Cl4N4O6. The summed E-state index contributed by atoms with van der Waals surface area (Å²) in [7, 11) is 0. The van der Waals surface area contributed by atoms with E-state index < -0.39 is 0 Å². The van der Waals surface area contributed by atoms with Crippen molar-refractivity contribution in [3.05, 3.63) is 12.2 Å². The predicted octanol–water partition coefficient (Wildman–Crippen LogP) is -5.02. The molecule has 6 saturated heterocycles. The van der Waals surface area contributed by atoms with Crippen molar-refractivity contribution in [3.63, 3.8) is 0 Å². The van der Waals surface area contributed by atoms with Gasteiger partial charge in [-0.25, -0.2) is 9.59 Å². The number of unbranched alkanes of at least 4 members (excludes halogenated alkanes) is 2. The average molecular weight is 1040 g/mol. The lowest BCUT2D eigenvalue weighted by Crippen LogP contribution is -3.00. The van der Waals surface area contributed by atoms with Gasteiger partial charge in [0.2, 0.25) is 0 Å². The number of halogens is 4. The van der Waals surface area contributed by atoms with E-state index in [0.717, 1.165) is 139 Å². The number of nitrogens with zero attached hydrogens (tertiary/aromatic N) is 4. The normalized spacial score (nSPS) is 44.7. The third-order valence-electron chi connectivity index (χ3n) is 23.3. The van der Waals surface area contributed by atoms with Crippen molar-refractivity contribution < 1.29 is 96.8 Å². The zero-order chi connectivity index (χ0) is 45.4. The molecule has 0 radical (unpaired) electrons. The van der Waals surface area contributed by atoms with E-state index >= 15 is 0 Å². The fraction of sp³-hybridized carbons (Fsp3) is 0.926. The van der Waals surface area contributed by atoms with Crippen LogP contribution >= 0.6 is 0 Å². The van der Waals surface area contributed by atoms with Crippen LogP contribution in [-0.2, 0) is 19.1 Å². The number of carbonyl (C=O) groups is 2. The number of hydrogen-bond donors (Lipinski definition) is 2. The van der Waals surface area contributed by atoms with E-state index in [1.165, 1.54) is 66.2 Å². The largest absolute Gasteiger partial charge is 1.00 e. The van der Waals surface area contributed by atoms with Crippen LogP contribution in [0.5, 0.6) is 0 Å². The van der Waals surface area contributed by atoms with Gasteiger partial charge < -0.3 is 87.2 Å². The highest BCUT2D eigenvalue weighted by Gasteiger charge is 2.71. The number of carbonyl (C=O) groups excluding carboxylic acids is 2. The maximum Gasteiger partial charge on any atom is 0.362 e. The number of allylic oxidation sites excluding steroid dienone is 1. The molecule has 5 aliphatic carbocycles. The molecule has 394 valence electrons. The Morgan fingerprint density at radius 3 is 1.60 bits per heavy atom. The van der Waals surface area contributed by atoms with Crippen molar-refractivity contribution >= 4 is 11.9 Å². The fourth-order valence-electron chi connectivity index (χ4n) is 18.9. The summed E-state index contributed by atoms with van der Waals surface area (Å²) in [5.41, 5.74) is 2.00. The third-order valence-corrected chi connectivity index (χ3v) is 23.3. The van der Waals surface area contributed by atoms with Crippen molar-refractivity contribution in [2.24, 2.45) is 56.7 Å². The smallest absolute Gasteiger partial charge is 0.362 e. The quantitative estimate of drug-likeness (QED) is 0.0698. The Bertz CT molecular complexity index is 1740. The van der Waals surface area contributed by atoms with Gasteiger partial charge in [-0.1, -0.05) is 46.8 Å². The van der Waals surface area contributed by atoms with Crippen molar-refractivity contribution in [2.75, 3.05) is 125 Å². The average Bonchev–Trinajstić information content (AvgIpc) is 3.66. The van der Waals surface area contributed by atoms with Crippen LogP contribution in [0.3, 0.4) is 0 Å². The Balaban J connectivity index is 0.00000216. The highest BCUT2D eigenvalue weighted by Crippen LogP contribution is 2.77. The van der Waals surface area contributed by atoms with Crippen LogP contribution in [0.15, 0.2) is 12.2 Å². The number of esters is 2. The lowest BCUT2D eigenvalue weighted by atomic mass is 9.32. The second-order valence-corrected chi connectivity index (χ2v) is 26.2. The minimum atomic E-state index is -0.0670. The highest BCUT2D eigenvalue weighted by atomic mass is 35.5. The summed E-state index contributed by atoms with van der Waals surface area (Å²) < 4.78 is 17.5. The number of piperazine rings is 6. The maximum absolute atomic E-state index is 14.0. The number of hydrogen-bond acceptors (Lipinski definition) is 6. The first-order valence-corrected chi connectivity index (χ1v) is 27.0. The Morgan fingerprint density at radius 1 is 0.574 bits per heavy atom. The van der Waals surface area contributed by atoms with Crippen LogP contribution < -0.4 is 49.6 Å². The number of aliphatic hydroxyl groups is 2. The molecule has 14 heteroatoms. The summed E-state index contributed by atoms with van der Waals surface area (Å²) >= 11 is 0. The van der Waals surface area contributed by atoms with E-state index in [9.17, 15) is 19.8 Å². The Kier molecular flexibility index (Phi) is 18.4. The number of rotatable bonds is 16. The minimum Gasteiger partial charge on any atom is -1.00 e. The predicted molar refractivity (Wildman–Crippen MR) is 251 cm³/mol. The second-order valence-electron chi connectivity index (χ2n) is 26.2. The first-order valence-electron chi connectivity index (χ1n) is 27.0. The number of fused-ring (bicyclic) bond motifs is 13. The molecule has 0 aromatic heterocycles. The molecule has 4 unspecified atom stereocenters. The minimum absolute atomic E-state index is 0. The van der Waals surface area contributed by atoms with E-state index in [4.69, 9.17) is 9.47 Å². The van der Waals surface area contributed by atoms with Gasteiger partial charge in [0.25, 0.3) is 0 Å². The van der Waals surface area contributed by atoms with Gasteiger partial charge in [0.15, 0.2) is 13.1 Å². The Hall–Kier alpha value is -0.400. The van der Waals surface area contributed by atoms with Crippen LogP contribution in [0, 0.1) is 56.7 Å². The van der Waals surface area contributed by atoms with Crippen molar-refractivity contribution in [3.8, 4) is 0 Å². The van der Waals surface area contributed by atoms with E-state index in [0.29, 0.717) is 49.3 Å². The number of aliphatic hydroxyl groups excluding tert-OH is 2. The monoisotopic (exact) mass is 1030 g/mol. The summed E-state index contributed by atoms with van der Waals surface area (Å²) in [4.78, 5) is 27.9. The van der Waals surface area contributed by atoms with E-state index in [1.54, 1.807) is 0 Å². The molecule has 68 heavy (non-hydrogen) atoms. The highest BCUT2D eigenvalue weighted by molar-refractivity contribution is 5.71. The molecule has 10 atom stereocenters. The molecule has 10 nitrogen and oxygen atoms in total. The van der Waals surface area contributed by atoms with Gasteiger partial charge in [-0.3, -0.25) is 0 Å². The molecule has 11 rings (SSSR count). The number of quaternary nitrogens is 4. The topological polar surface area (TPSA) is 93.1 Å². The van der Waals surface area contributed by atoms with Crippen molar-refractivity contribution in [2.45, 2.75) is 138 Å². The zero-order valence-corrected chi connectivity index (χ0v) is 46.4. The van der Waals surface area contributed by atoms with Crippen LogP contribution in [0.25, 0.3) is 0 Å². The molecule has 5 saturated carbocycles. The summed E-state index contributed by atoms with van der Waals surface area (Å²) in [6, 6.07) is 0. The second kappa shape index (κ2) is 21.4. The zero-order valence-electron chi connectivity index (χ0n) is 43.3. The molecule has 4 bridgehead atoms. The molecule has 0 amide bonds. The maximum atomic E-state index is 14.0. The SMILES string of the molecule is C=C(C)[C@@H]1CC[C@]2(COC(=O)C[N+]34CC[N+](CCCCO)(CC3)CC4)CC[C@]3(C)C(CCC4[C@@]5(C)CC[C@H](OC(=O)C[N+]67CC[N+](CCCCO)(CC6)CC7)C(C)(C)C5CC[C@]43C)C12.[Cl-].[Cl-].[Cl-].[Cl-]. The Labute approximate surface area is 437 Å². The van der Waals surface area contributed by atoms with Gasteiger partial charge in [-0.15, -0.1) is 0 Å². The lowest BCUT2D eigenvalue weighted by Gasteiger charge is -2.73. The summed E-state index contributed by atoms with van der Waals surface area (Å²) in [6.07, 6.45) is 15.8. The van der Waals surface area contributed by atoms with Gasteiger partial charge in [0.05, 0.1) is 19.7 Å². The van der Waals surface area contributed by atoms with Gasteiger partial charge in [-0.05, 0) is 143 Å². The fourth-order valence-corrected chi connectivity index (χ4v) is 18.9. The summed E-state index contributed by atoms with van der Waals surface area (Å²) in [5.74, 6) is 2.89. The van der Waals surface area contributed by atoms with Gasteiger partial charge in [0.1, 0.15) is 84.6 Å². The van der Waals surface area contributed by atoms with Crippen molar-refractivity contribution in [1.29, 1.82) is 0 Å². The first kappa shape index (κ1) is 58.5. The molecule has 6 aliphatic heterocycles. The van der Waals surface area contributed by atoms with Crippen LogP contribution in [0.1, 0.15) is 131 Å². The van der Waals surface area contributed by atoms with E-state index in [-0.39, 0.29) is 108 Å². The summed E-state index contributed by atoms with van der Waals surface area (Å²) in [6.45, 7) is 37.9. The Morgan fingerprint density at radius 2 is 1.09 bits per heavy atom. The third kappa shape index (κ3) is 9.86. The van der Waals surface area contributed by atoms with Gasteiger partial charge >= 0.3 is 11.9 Å². The lowest BCUT2D eigenvalue weighted by molar-refractivity contribution is -1.08. The number of ether oxygens (including phenoxy) is 2. The molecular weight excluding hydrogens is 942 g/mol. The molecule has 11 fully saturated rings. The standard InChI is InChI=1S/C54H94N4O6.4ClH/c1-41(2)42-14-19-54(40-63-47(61)38-57-30-24-55(25-31-57,26-32-57)22-8-10-36-59)21-20-52(6)43(49(42)54)12-13-45-51(5)17-16-46(50(3,4)44(51)15-18-53(45,52)7)64-48(62)39-58-33-27-56(28-34-58,29-35-58)23-9-11-37-60;;;;/h42-46,49,59-60H,1,8-40H2,2-7H3;4*1H/q+4;;;;/p-4/t42-,43?,44?,45?,46-,49?,51-,52+,53+,54+,55?,56?,57?,58?;;;;/m0..../s1. The summed E-state index contributed by atoms with van der Waals surface area (Å²) in [5, 5.41) is 18.7. The molecule has 11 aliphatic rings. The van der Waals surface area contributed by atoms with E-state index in [2.05, 4.69) is 48.1 Å². The molecule has 0 aromatic rings. The van der Waals surface area contributed by atoms with Gasteiger partial charge in [-0.2, -0.15) is 0 Å². The van der Waals surface area contributed by atoms with Gasteiger partial charge in [0, 0.05) is 24.0 Å².